The van der Waals surface area contributed by atoms with Crippen LogP contribution in [0.25, 0.3) is 0 Å². The van der Waals surface area contributed by atoms with Crippen LogP contribution in [0.4, 0.5) is 5.69 Å². The molecule has 2 N–H and O–H groups in total. The number of nitrogens with two attached hydrogens (primary N) is 1. The highest BCUT2D eigenvalue weighted by Gasteiger charge is 2.04. The van der Waals surface area contributed by atoms with Crippen LogP contribution in [-0.2, 0) is 0 Å². The summed E-state index contributed by atoms with van der Waals surface area (Å²) in [7, 11) is 0. The van der Waals surface area contributed by atoms with Gasteiger partial charge in [0.15, 0.2) is 0 Å². The highest BCUT2D eigenvalue weighted by atomic mass is 15.1. The largest absolute Gasteiger partial charge is 0.360 e. The van der Waals surface area contributed by atoms with Crippen LogP contribution in [0, 0.1) is 12.3 Å². The van der Waals surface area contributed by atoms with Gasteiger partial charge in [0.25, 0.3) is 0 Å². The number of hydrogen-bond acceptors (Lipinski definition) is 2. The van der Waals surface area contributed by atoms with Gasteiger partial charge in [-0.1, -0.05) is 25.0 Å². The molecule has 0 aliphatic heterocycles. The molecule has 86 valence electrons. The Balaban J connectivity index is 2.81. The summed E-state index contributed by atoms with van der Waals surface area (Å²) < 4.78 is 0. The van der Waals surface area contributed by atoms with Crippen LogP contribution in [0.2, 0.25) is 0 Å². The minimum absolute atomic E-state index is 0.0845. The monoisotopic (exact) mass is 216 g/mol. The third-order valence-electron chi connectivity index (χ3n) is 2.56. The van der Waals surface area contributed by atoms with Gasteiger partial charge in [0, 0.05) is 18.3 Å². The number of rotatable bonds is 5. The molecule has 1 atom stereocenters. The minimum Gasteiger partial charge on any atom is -0.360 e. The SMILES string of the molecule is C#CCN(CCC)c1ccc(C(C)N)cc1. The fourth-order valence-electron chi connectivity index (χ4n) is 1.67. The van der Waals surface area contributed by atoms with Crippen molar-refractivity contribution >= 4 is 5.69 Å². The first kappa shape index (κ1) is 12.6. The van der Waals surface area contributed by atoms with Crippen molar-refractivity contribution < 1.29 is 0 Å². The van der Waals surface area contributed by atoms with Gasteiger partial charge in [-0.05, 0) is 31.0 Å². The number of hydrogen-bond donors (Lipinski definition) is 1. The Bertz CT molecular complexity index is 346. The fraction of sp³-hybridized carbons (Fsp3) is 0.429. The van der Waals surface area contributed by atoms with Crippen molar-refractivity contribution in [1.82, 2.24) is 0 Å². The molecule has 0 radical (unpaired) electrons. The lowest BCUT2D eigenvalue weighted by Gasteiger charge is -2.22. The summed E-state index contributed by atoms with van der Waals surface area (Å²) in [6.45, 7) is 5.78. The summed E-state index contributed by atoms with van der Waals surface area (Å²) in [5.74, 6) is 2.69. The highest BCUT2D eigenvalue weighted by Crippen LogP contribution is 2.18. The Morgan fingerprint density at radius 2 is 2.00 bits per heavy atom. The third kappa shape index (κ3) is 3.29. The number of terminal acetylenes is 1. The first-order valence-electron chi connectivity index (χ1n) is 5.73. The molecule has 2 nitrogen and oxygen atoms in total. The van der Waals surface area contributed by atoms with E-state index in [1.807, 2.05) is 6.92 Å². The summed E-state index contributed by atoms with van der Waals surface area (Å²) in [5, 5.41) is 0. The molecule has 0 spiro atoms. The van der Waals surface area contributed by atoms with Gasteiger partial charge in [-0.3, -0.25) is 0 Å². The van der Waals surface area contributed by atoms with Gasteiger partial charge >= 0.3 is 0 Å². The van der Waals surface area contributed by atoms with E-state index in [1.165, 1.54) is 5.69 Å². The zero-order valence-corrected chi connectivity index (χ0v) is 10.1. The summed E-state index contributed by atoms with van der Waals surface area (Å²) in [6, 6.07) is 8.40. The quantitative estimate of drug-likeness (QED) is 0.766. The molecule has 1 aromatic carbocycles. The molecule has 0 bridgehead atoms. The van der Waals surface area contributed by atoms with Crippen molar-refractivity contribution in [2.75, 3.05) is 18.0 Å². The van der Waals surface area contributed by atoms with Crippen LogP contribution in [0.5, 0.6) is 0 Å². The van der Waals surface area contributed by atoms with E-state index in [0.29, 0.717) is 6.54 Å². The van der Waals surface area contributed by atoms with E-state index in [9.17, 15) is 0 Å². The van der Waals surface area contributed by atoms with E-state index in [2.05, 4.69) is 42.0 Å². The Labute approximate surface area is 98.4 Å². The van der Waals surface area contributed by atoms with Gasteiger partial charge in [-0.2, -0.15) is 0 Å². The maximum Gasteiger partial charge on any atom is 0.0791 e. The maximum atomic E-state index is 5.81. The van der Waals surface area contributed by atoms with E-state index >= 15 is 0 Å². The minimum atomic E-state index is 0.0845. The average molecular weight is 216 g/mol. The molecular formula is C14H20N2. The lowest BCUT2D eigenvalue weighted by atomic mass is 10.1. The van der Waals surface area contributed by atoms with E-state index in [0.717, 1.165) is 18.5 Å². The first-order valence-corrected chi connectivity index (χ1v) is 5.73. The molecular weight excluding hydrogens is 196 g/mol. The Kier molecular flexibility index (Phi) is 4.88. The molecule has 1 unspecified atom stereocenters. The van der Waals surface area contributed by atoms with Crippen molar-refractivity contribution in [2.24, 2.45) is 5.73 Å². The van der Waals surface area contributed by atoms with Crippen LogP contribution in [0.3, 0.4) is 0 Å². The predicted octanol–water partition coefficient (Wildman–Crippen LogP) is 2.56. The molecule has 0 fully saturated rings. The molecule has 0 amide bonds. The van der Waals surface area contributed by atoms with Crippen molar-refractivity contribution in [2.45, 2.75) is 26.3 Å². The Morgan fingerprint density at radius 1 is 1.38 bits per heavy atom. The van der Waals surface area contributed by atoms with Gasteiger partial charge in [-0.25, -0.2) is 0 Å². The molecule has 0 heterocycles. The standard InChI is InChI=1S/C14H20N2/c1-4-10-16(11-5-2)14-8-6-13(7-9-14)12(3)15/h1,6-9,12H,5,10-11,15H2,2-3H3. The summed E-state index contributed by atoms with van der Waals surface area (Å²) >= 11 is 0. The Hall–Kier alpha value is -1.46. The highest BCUT2D eigenvalue weighted by molar-refractivity contribution is 5.49. The topological polar surface area (TPSA) is 29.3 Å². The van der Waals surface area contributed by atoms with Gasteiger partial charge in [0.05, 0.1) is 6.54 Å². The third-order valence-corrected chi connectivity index (χ3v) is 2.56. The molecule has 0 aliphatic rings. The number of benzene rings is 1. The van der Waals surface area contributed by atoms with E-state index in [-0.39, 0.29) is 6.04 Å². The molecule has 16 heavy (non-hydrogen) atoms. The van der Waals surface area contributed by atoms with Gasteiger partial charge in [-0.15, -0.1) is 6.42 Å². The molecule has 1 aromatic rings. The lowest BCUT2D eigenvalue weighted by molar-refractivity contribution is 0.809. The average Bonchev–Trinajstić information content (AvgIpc) is 2.29. The van der Waals surface area contributed by atoms with Crippen molar-refractivity contribution in [1.29, 1.82) is 0 Å². The fourth-order valence-corrected chi connectivity index (χ4v) is 1.67. The predicted molar refractivity (Wildman–Crippen MR) is 70.4 cm³/mol. The number of nitrogens with zero attached hydrogens (tertiary/aromatic N) is 1. The number of anilines is 1. The van der Waals surface area contributed by atoms with E-state index in [4.69, 9.17) is 12.2 Å². The van der Waals surface area contributed by atoms with Gasteiger partial charge in [0.2, 0.25) is 0 Å². The summed E-state index contributed by atoms with van der Waals surface area (Å²) in [6.07, 6.45) is 6.46. The molecule has 0 saturated carbocycles. The second-order valence-electron chi connectivity index (χ2n) is 4.01. The second kappa shape index (κ2) is 6.19. The van der Waals surface area contributed by atoms with Crippen LogP contribution >= 0.6 is 0 Å². The smallest absolute Gasteiger partial charge is 0.0791 e. The summed E-state index contributed by atoms with van der Waals surface area (Å²) in [4.78, 5) is 2.20. The molecule has 0 saturated heterocycles. The normalized spacial score (nSPS) is 11.9. The van der Waals surface area contributed by atoms with Crippen LogP contribution in [-0.4, -0.2) is 13.1 Å². The van der Waals surface area contributed by atoms with Crippen LogP contribution in [0.1, 0.15) is 31.9 Å². The molecule has 0 aliphatic carbocycles. The zero-order chi connectivity index (χ0) is 12.0. The lowest BCUT2D eigenvalue weighted by Crippen LogP contribution is -2.24. The first-order chi connectivity index (χ1) is 7.69. The van der Waals surface area contributed by atoms with E-state index in [1.54, 1.807) is 0 Å². The van der Waals surface area contributed by atoms with Crippen LogP contribution in [0.15, 0.2) is 24.3 Å². The maximum absolute atomic E-state index is 5.81. The van der Waals surface area contributed by atoms with Gasteiger partial charge < -0.3 is 10.6 Å². The van der Waals surface area contributed by atoms with Gasteiger partial charge in [0.1, 0.15) is 0 Å². The molecule has 1 rings (SSSR count). The van der Waals surface area contributed by atoms with Crippen molar-refractivity contribution in [3.8, 4) is 12.3 Å². The van der Waals surface area contributed by atoms with Crippen LogP contribution < -0.4 is 10.6 Å². The van der Waals surface area contributed by atoms with E-state index < -0.39 is 0 Å². The molecule has 0 aromatic heterocycles. The molecule has 2 heteroatoms. The zero-order valence-electron chi connectivity index (χ0n) is 10.1. The van der Waals surface area contributed by atoms with Crippen molar-refractivity contribution in [3.63, 3.8) is 0 Å². The summed E-state index contributed by atoms with van der Waals surface area (Å²) in [5.41, 5.74) is 8.14. The second-order valence-corrected chi connectivity index (χ2v) is 4.01. The van der Waals surface area contributed by atoms with Crippen molar-refractivity contribution in [3.05, 3.63) is 29.8 Å². The Morgan fingerprint density at radius 3 is 2.44 bits per heavy atom.